The summed E-state index contributed by atoms with van der Waals surface area (Å²) in [5.41, 5.74) is 10.4. The standard InChI is InChI=1S/C28H31FN4O4.C21H22FN3O.C10H13N3O3.CH3F.CH4.BH.U/c1-18-14-19(2)25(31-27(36)37-23-8-11-33(17-23)20(3)34)15-24(18)26(35)32-12-9-28(29,10-13-32)22-6-4-21(16-30)5-7-22;1-14-11-15(2)19(24)12-18(14)20(26)25-9-7-21(22,8-10-25)17-5-3-16(13-23)4-6-17;1-8(14)12-4-2-9(6-12)16-10(15)13-5-3-11-7-13;1-2;;;/h4-7,14-15,23H,8-13,17H2,1-3H3,(H,31,36);3-6,11-12H,7-10,24H2,1-2H3;3,5,7,9H,2,4,6H2,1H3;1H3;1H4;1H;/i;;;1D;;1D;. The summed E-state index contributed by atoms with van der Waals surface area (Å²) >= 11 is 0. The maximum absolute atomic E-state index is 15.7. The van der Waals surface area contributed by atoms with Crippen LogP contribution in [0.25, 0.3) is 0 Å². The van der Waals surface area contributed by atoms with Crippen LogP contribution in [-0.4, -0.2) is 146 Å². The second kappa shape index (κ2) is 31.9. The largest absolute Gasteiger partial charge is 0.444 e. The Bertz CT molecular complexity index is 3190. The molecule has 23 heteroatoms. The average molecular weight is 1380 g/mol. The minimum Gasteiger partial charge on any atom is -0.444 e. The van der Waals surface area contributed by atoms with Crippen LogP contribution in [-0.2, 0) is 30.4 Å². The summed E-state index contributed by atoms with van der Waals surface area (Å²) in [6.45, 7) is 13.7. The molecule has 2 radical (unpaired) electrons. The van der Waals surface area contributed by atoms with Gasteiger partial charge in [-0.25, -0.2) is 27.9 Å². The molecule has 5 amide bonds. The molecule has 444 valence electrons. The minimum absolute atomic E-state index is 0. The number of nitrogen functional groups attached to an aromatic ring is 1. The molecule has 0 saturated carbocycles. The van der Waals surface area contributed by atoms with Crippen molar-refractivity contribution in [1.82, 2.24) is 29.2 Å². The van der Waals surface area contributed by atoms with Gasteiger partial charge in [-0.3, -0.25) is 28.9 Å². The van der Waals surface area contributed by atoms with Crippen molar-refractivity contribution >= 4 is 55.6 Å². The number of likely N-dealkylation sites (tertiary alicyclic amines) is 4. The van der Waals surface area contributed by atoms with E-state index in [-0.39, 0.29) is 113 Å². The molecule has 4 saturated heterocycles. The number of carbonyl (C=O) groups is 6. The van der Waals surface area contributed by atoms with Crippen LogP contribution >= 0.6 is 0 Å². The Morgan fingerprint density at radius 3 is 1.49 bits per heavy atom. The molecule has 5 heterocycles. The number of amides is 5. The van der Waals surface area contributed by atoms with Crippen molar-refractivity contribution in [2.24, 2.45) is 0 Å². The summed E-state index contributed by atoms with van der Waals surface area (Å²) in [5.74, 6) is -0.357. The molecule has 1 aromatic heterocycles. The van der Waals surface area contributed by atoms with Crippen molar-refractivity contribution in [3.63, 3.8) is 0 Å². The van der Waals surface area contributed by atoms with Crippen molar-refractivity contribution in [2.75, 3.05) is 70.6 Å². The third-order valence-corrected chi connectivity index (χ3v) is 15.1. The van der Waals surface area contributed by atoms with Gasteiger partial charge in [0.15, 0.2) is 0 Å². The van der Waals surface area contributed by atoms with E-state index in [9.17, 15) is 33.2 Å². The van der Waals surface area contributed by atoms with Crippen LogP contribution in [0.5, 0.6) is 0 Å². The molecule has 0 bridgehead atoms. The number of alkyl halides is 3. The quantitative estimate of drug-likeness (QED) is 0.115. The van der Waals surface area contributed by atoms with Gasteiger partial charge in [0.25, 0.3) is 11.8 Å². The van der Waals surface area contributed by atoms with Crippen LogP contribution in [0, 0.1) is 81.5 Å². The number of nitrogens with zero attached hydrogens (tertiary/aromatic N) is 8. The van der Waals surface area contributed by atoms with Crippen LogP contribution in [0.4, 0.5) is 34.1 Å². The van der Waals surface area contributed by atoms with Crippen LogP contribution in [0.2, 0.25) is 0 Å². The maximum atomic E-state index is 15.7. The number of aromatic nitrogens is 2. The number of imidazole rings is 1. The molecular formula is C61H74BF3N10O8U. The minimum atomic E-state index is -1.55. The molecule has 0 spiro atoms. The monoisotopic (exact) mass is 1380 g/mol. The van der Waals surface area contributed by atoms with Gasteiger partial charge in [-0.05, 0) is 98.8 Å². The first-order valence-corrected chi connectivity index (χ1v) is 26.5. The van der Waals surface area contributed by atoms with Gasteiger partial charge in [0.2, 0.25) is 11.8 Å². The second-order valence-electron chi connectivity index (χ2n) is 20.5. The Labute approximate surface area is 518 Å². The number of anilines is 2. The first-order valence-electron chi connectivity index (χ1n) is 27.8. The number of aryl methyl sites for hydroxylation is 4. The number of piperidine rings is 2. The first-order chi connectivity index (χ1) is 40.0. The number of nitriles is 2. The van der Waals surface area contributed by atoms with Gasteiger partial charge in [-0.15, -0.1) is 0 Å². The van der Waals surface area contributed by atoms with Gasteiger partial charge in [0, 0.05) is 166 Å². The normalized spacial score (nSPS) is 17.3. The second-order valence-corrected chi connectivity index (χ2v) is 20.5. The maximum Gasteiger partial charge on any atom is 0.419 e. The topological polar surface area (TPSA) is 237 Å². The van der Waals surface area contributed by atoms with E-state index in [4.69, 9.17) is 28.4 Å². The van der Waals surface area contributed by atoms with E-state index in [0.717, 1.165) is 22.3 Å². The van der Waals surface area contributed by atoms with Gasteiger partial charge < -0.3 is 34.8 Å². The van der Waals surface area contributed by atoms with Crippen molar-refractivity contribution < 1.29 is 83.9 Å². The smallest absolute Gasteiger partial charge is 0.419 e. The van der Waals surface area contributed by atoms with Crippen LogP contribution < -0.4 is 11.1 Å². The molecule has 18 nitrogen and oxygen atoms in total. The summed E-state index contributed by atoms with van der Waals surface area (Å²) in [5, 5.41) is 20.6. The predicted octanol–water partition coefficient (Wildman–Crippen LogP) is 9.37. The molecule has 4 aliphatic heterocycles. The molecule has 2 unspecified atom stereocenters. The molecule has 9 rings (SSSR count). The van der Waals surface area contributed by atoms with Crippen molar-refractivity contribution in [1.29, 1.82) is 11.9 Å². The molecule has 4 aliphatic rings. The van der Waals surface area contributed by atoms with Gasteiger partial charge in [0.05, 0.1) is 44.9 Å². The molecule has 5 aromatic rings. The third kappa shape index (κ3) is 18.0. The average Bonchev–Trinajstić information content (AvgIpc) is 2.56. The fourth-order valence-corrected chi connectivity index (χ4v) is 10.1. The molecule has 4 aromatic carbocycles. The predicted molar refractivity (Wildman–Crippen MR) is 311 cm³/mol. The molecule has 2 atom stereocenters. The summed E-state index contributed by atoms with van der Waals surface area (Å²) in [7, 11) is 2.75. The van der Waals surface area contributed by atoms with E-state index >= 15 is 8.78 Å². The molecule has 0 aliphatic carbocycles. The number of hydrogen-bond donors (Lipinski definition) is 2. The van der Waals surface area contributed by atoms with Gasteiger partial charge in [-0.2, -0.15) is 10.5 Å². The number of rotatable bonds is 7. The fourth-order valence-electron chi connectivity index (χ4n) is 10.1. The Morgan fingerprint density at radius 2 is 1.10 bits per heavy atom. The number of benzene rings is 4. The van der Waals surface area contributed by atoms with Gasteiger partial charge in [0.1, 0.15) is 29.9 Å². The zero-order valence-electron chi connectivity index (χ0n) is 49.6. The number of hydrogen-bond acceptors (Lipinski definition) is 12. The number of nitrogens with two attached hydrogens (primary N) is 1. The summed E-state index contributed by atoms with van der Waals surface area (Å²) < 4.78 is 63.7. The van der Waals surface area contributed by atoms with E-state index < -0.39 is 30.7 Å². The third-order valence-electron chi connectivity index (χ3n) is 15.1. The molecule has 3 N–H and O–H groups in total. The molecular weight excluding hydrogens is 1310 g/mol. The van der Waals surface area contributed by atoms with Crippen molar-refractivity contribution in [3.05, 3.63) is 147 Å². The van der Waals surface area contributed by atoms with Gasteiger partial charge in [-0.1, -0.05) is 43.8 Å². The number of carbonyl (C=O) groups excluding carboxylic acids is 6. The number of nitrogens with one attached hydrogen (secondary N) is 1. The Hall–Kier alpha value is -7.60. The summed E-state index contributed by atoms with van der Waals surface area (Å²) in [4.78, 5) is 83.2. The first kappa shape index (κ1) is 67.2. The van der Waals surface area contributed by atoms with E-state index in [1.807, 2.05) is 52.0 Å². The van der Waals surface area contributed by atoms with E-state index in [2.05, 4.69) is 18.7 Å². The molecule has 84 heavy (non-hydrogen) atoms. The number of halogens is 3. The van der Waals surface area contributed by atoms with Gasteiger partial charge >= 0.3 is 12.2 Å². The summed E-state index contributed by atoms with van der Waals surface area (Å²) in [6.07, 6.45) is 4.83. The van der Waals surface area contributed by atoms with Crippen LogP contribution in [0.1, 0.15) is 126 Å². The number of ether oxygens (including phenoxy) is 2. The Kier molecular flexibility index (Phi) is 25.5. The van der Waals surface area contributed by atoms with Crippen molar-refractivity contribution in [2.45, 2.75) is 111 Å². The van der Waals surface area contributed by atoms with E-state index in [0.29, 0.717) is 96.9 Å². The van der Waals surface area contributed by atoms with E-state index in [1.54, 1.807) is 80.3 Å². The fraction of sp³-hybridized carbons (Fsp3) is 0.426. The van der Waals surface area contributed by atoms with Crippen LogP contribution in [0.3, 0.4) is 0 Å². The zero-order valence-corrected chi connectivity index (χ0v) is 51.7. The SMILES string of the molecule is C.CC(=O)N1CCC(OC(=O)Nc2cc(C(=O)N3CCC(F)(c4ccc(C#N)cc4)CC3)c(C)cc2C)C1.CC(=O)N1CCC(OC(=O)n2ccnc2)C1.Cc1cc(C)c(C(=O)N2CCC(F)(c3ccc(C#N)cc3)CC2)cc1N.[2H]CF.[2H][B].[U]. The van der Waals surface area contributed by atoms with E-state index in [1.165, 1.54) is 37.1 Å². The Morgan fingerprint density at radius 1 is 0.679 bits per heavy atom. The summed E-state index contributed by atoms with van der Waals surface area (Å²) in [6, 6.07) is 24.3. The Balaban J connectivity index is 0.000000344. The zero-order chi connectivity index (χ0) is 61.9. The van der Waals surface area contributed by atoms with Crippen molar-refractivity contribution in [3.8, 4) is 12.1 Å². The van der Waals surface area contributed by atoms with Crippen LogP contribution in [0.15, 0.2) is 91.5 Å². The molecule has 4 fully saturated rings.